The molecule has 0 fully saturated rings. The van der Waals surface area contributed by atoms with Crippen molar-refractivity contribution in [3.8, 4) is 5.75 Å². The first-order valence-corrected chi connectivity index (χ1v) is 8.14. The highest BCUT2D eigenvalue weighted by Gasteiger charge is 2.19. The van der Waals surface area contributed by atoms with Crippen LogP contribution in [0, 0.1) is 13.8 Å². The Morgan fingerprint density at radius 2 is 2.04 bits per heavy atom. The van der Waals surface area contributed by atoms with Crippen molar-refractivity contribution in [2.75, 3.05) is 6.61 Å². The summed E-state index contributed by atoms with van der Waals surface area (Å²) in [5.41, 5.74) is 1.83. The first-order chi connectivity index (χ1) is 11.0. The van der Waals surface area contributed by atoms with Gasteiger partial charge in [-0.2, -0.15) is 9.61 Å². The number of carbonyl (C=O) groups is 1. The summed E-state index contributed by atoms with van der Waals surface area (Å²) in [4.78, 5) is 16.1. The van der Waals surface area contributed by atoms with Gasteiger partial charge in [-0.3, -0.25) is 0 Å². The SMILES string of the molecule is Cc1ccc(OCCCc2nn3c(C(=O)O)c(C)nc3s2)cc1. The summed E-state index contributed by atoms with van der Waals surface area (Å²) < 4.78 is 7.09. The normalized spacial score (nSPS) is 11.0. The smallest absolute Gasteiger partial charge is 0.356 e. The number of aryl methyl sites for hydroxylation is 3. The molecule has 0 radical (unpaired) electrons. The Morgan fingerprint density at radius 3 is 2.74 bits per heavy atom. The number of carboxylic acid groups (broad SMARTS) is 1. The summed E-state index contributed by atoms with van der Waals surface area (Å²) in [6.07, 6.45) is 1.55. The van der Waals surface area contributed by atoms with E-state index in [1.807, 2.05) is 31.2 Å². The van der Waals surface area contributed by atoms with E-state index in [9.17, 15) is 9.90 Å². The quantitative estimate of drug-likeness (QED) is 0.702. The molecule has 0 saturated heterocycles. The first kappa shape index (κ1) is 15.5. The Kier molecular flexibility index (Phi) is 4.29. The Morgan fingerprint density at radius 1 is 1.30 bits per heavy atom. The van der Waals surface area contributed by atoms with Gasteiger partial charge in [-0.05, 0) is 32.4 Å². The van der Waals surface area contributed by atoms with Crippen LogP contribution in [-0.2, 0) is 6.42 Å². The number of aromatic carboxylic acids is 1. The van der Waals surface area contributed by atoms with Crippen LogP contribution < -0.4 is 4.74 Å². The molecule has 0 aliphatic carbocycles. The third-order valence-electron chi connectivity index (χ3n) is 3.45. The van der Waals surface area contributed by atoms with Crippen molar-refractivity contribution >= 4 is 22.3 Å². The average Bonchev–Trinajstić information content (AvgIpc) is 3.00. The molecule has 1 aromatic carbocycles. The monoisotopic (exact) mass is 331 g/mol. The van der Waals surface area contributed by atoms with Gasteiger partial charge in [-0.1, -0.05) is 29.0 Å². The largest absolute Gasteiger partial charge is 0.494 e. The van der Waals surface area contributed by atoms with E-state index >= 15 is 0 Å². The molecule has 0 unspecified atom stereocenters. The molecule has 0 atom stereocenters. The summed E-state index contributed by atoms with van der Waals surface area (Å²) in [6, 6.07) is 7.94. The van der Waals surface area contributed by atoms with Crippen LogP contribution >= 0.6 is 11.3 Å². The highest BCUT2D eigenvalue weighted by atomic mass is 32.1. The van der Waals surface area contributed by atoms with E-state index in [1.165, 1.54) is 21.4 Å². The summed E-state index contributed by atoms with van der Waals surface area (Å²) in [7, 11) is 0. The summed E-state index contributed by atoms with van der Waals surface area (Å²) in [6.45, 7) is 4.31. The number of carboxylic acids is 1. The molecular weight excluding hydrogens is 314 g/mol. The molecule has 6 nitrogen and oxygen atoms in total. The Hall–Kier alpha value is -2.41. The van der Waals surface area contributed by atoms with Crippen LogP contribution in [0.5, 0.6) is 5.75 Å². The van der Waals surface area contributed by atoms with Gasteiger partial charge >= 0.3 is 5.97 Å². The highest BCUT2D eigenvalue weighted by Crippen LogP contribution is 2.20. The van der Waals surface area contributed by atoms with E-state index < -0.39 is 5.97 Å². The molecular formula is C16H17N3O3S. The minimum absolute atomic E-state index is 0.137. The third-order valence-corrected chi connectivity index (χ3v) is 4.42. The molecule has 0 saturated carbocycles. The molecule has 1 N–H and O–H groups in total. The lowest BCUT2D eigenvalue weighted by Gasteiger charge is -2.05. The predicted octanol–water partition coefficient (Wildman–Crippen LogP) is 3.12. The van der Waals surface area contributed by atoms with Crippen LogP contribution in [0.1, 0.15) is 33.2 Å². The maximum atomic E-state index is 11.2. The van der Waals surface area contributed by atoms with E-state index in [0.29, 0.717) is 17.3 Å². The first-order valence-electron chi connectivity index (χ1n) is 7.32. The molecule has 3 rings (SSSR count). The molecule has 2 heterocycles. The van der Waals surface area contributed by atoms with Crippen molar-refractivity contribution in [3.05, 3.63) is 46.2 Å². The van der Waals surface area contributed by atoms with E-state index in [2.05, 4.69) is 10.1 Å². The van der Waals surface area contributed by atoms with Crippen LogP contribution in [-0.4, -0.2) is 32.3 Å². The molecule has 120 valence electrons. The second-order valence-electron chi connectivity index (χ2n) is 5.31. The van der Waals surface area contributed by atoms with Gasteiger partial charge < -0.3 is 9.84 Å². The number of aromatic nitrogens is 3. The number of hydrogen-bond acceptors (Lipinski definition) is 5. The standard InChI is InChI=1S/C16H17N3O3S/c1-10-5-7-12(8-6-10)22-9-3-4-13-18-19-14(15(20)21)11(2)17-16(19)23-13/h5-8H,3-4,9H2,1-2H3,(H,20,21). The predicted molar refractivity (Wildman–Crippen MR) is 87.6 cm³/mol. The van der Waals surface area contributed by atoms with E-state index in [-0.39, 0.29) is 5.69 Å². The second kappa shape index (κ2) is 6.37. The Balaban J connectivity index is 1.59. The topological polar surface area (TPSA) is 76.7 Å². The molecule has 2 aromatic heterocycles. The van der Waals surface area contributed by atoms with E-state index in [0.717, 1.165) is 23.6 Å². The zero-order valence-electron chi connectivity index (χ0n) is 12.9. The van der Waals surface area contributed by atoms with Gasteiger partial charge in [0.2, 0.25) is 4.96 Å². The lowest BCUT2D eigenvalue weighted by molar-refractivity contribution is 0.0687. The molecule has 0 aliphatic heterocycles. The molecule has 0 bridgehead atoms. The Bertz CT molecular complexity index is 836. The third kappa shape index (κ3) is 3.34. The van der Waals surface area contributed by atoms with Crippen molar-refractivity contribution in [3.63, 3.8) is 0 Å². The highest BCUT2D eigenvalue weighted by molar-refractivity contribution is 7.16. The molecule has 0 amide bonds. The van der Waals surface area contributed by atoms with E-state index in [4.69, 9.17) is 4.74 Å². The summed E-state index contributed by atoms with van der Waals surface area (Å²) >= 11 is 1.42. The lowest BCUT2D eigenvalue weighted by Crippen LogP contribution is -2.05. The molecule has 0 spiro atoms. The maximum absolute atomic E-state index is 11.2. The van der Waals surface area contributed by atoms with Crippen LogP contribution in [0.3, 0.4) is 0 Å². The number of benzene rings is 1. The van der Waals surface area contributed by atoms with Gasteiger partial charge in [0.25, 0.3) is 0 Å². The summed E-state index contributed by atoms with van der Waals surface area (Å²) in [5, 5.41) is 14.4. The minimum atomic E-state index is -1.01. The minimum Gasteiger partial charge on any atom is -0.494 e. The molecule has 7 heteroatoms. The van der Waals surface area contributed by atoms with Gasteiger partial charge in [-0.25, -0.2) is 9.78 Å². The van der Waals surface area contributed by atoms with Crippen LogP contribution in [0.4, 0.5) is 0 Å². The van der Waals surface area contributed by atoms with Gasteiger partial charge in [0.1, 0.15) is 10.8 Å². The number of fused-ring (bicyclic) bond motifs is 1. The molecule has 23 heavy (non-hydrogen) atoms. The Labute approximate surface area is 137 Å². The second-order valence-corrected chi connectivity index (χ2v) is 6.35. The number of nitrogens with zero attached hydrogens (tertiary/aromatic N) is 3. The van der Waals surface area contributed by atoms with Crippen molar-refractivity contribution < 1.29 is 14.6 Å². The van der Waals surface area contributed by atoms with Crippen LogP contribution in [0.2, 0.25) is 0 Å². The number of ether oxygens (including phenoxy) is 1. The van der Waals surface area contributed by atoms with Gasteiger partial charge in [0.15, 0.2) is 5.69 Å². The van der Waals surface area contributed by atoms with Crippen LogP contribution in [0.15, 0.2) is 24.3 Å². The number of rotatable bonds is 6. The van der Waals surface area contributed by atoms with Gasteiger partial charge in [0, 0.05) is 6.42 Å². The van der Waals surface area contributed by atoms with Gasteiger partial charge in [-0.15, -0.1) is 0 Å². The van der Waals surface area contributed by atoms with Crippen molar-refractivity contribution in [2.45, 2.75) is 26.7 Å². The van der Waals surface area contributed by atoms with Crippen LogP contribution in [0.25, 0.3) is 4.96 Å². The average molecular weight is 331 g/mol. The fraction of sp³-hybridized carbons (Fsp3) is 0.312. The van der Waals surface area contributed by atoms with Gasteiger partial charge in [0.05, 0.1) is 12.3 Å². The van der Waals surface area contributed by atoms with E-state index in [1.54, 1.807) is 6.92 Å². The zero-order valence-corrected chi connectivity index (χ0v) is 13.8. The maximum Gasteiger partial charge on any atom is 0.356 e. The molecule has 3 aromatic rings. The fourth-order valence-corrected chi connectivity index (χ4v) is 3.26. The van der Waals surface area contributed by atoms with Crippen molar-refractivity contribution in [1.82, 2.24) is 14.6 Å². The fourth-order valence-electron chi connectivity index (χ4n) is 2.28. The molecule has 0 aliphatic rings. The summed E-state index contributed by atoms with van der Waals surface area (Å²) in [5.74, 6) is -0.150. The lowest BCUT2D eigenvalue weighted by atomic mass is 10.2. The number of imidazole rings is 1. The van der Waals surface area contributed by atoms with Crippen molar-refractivity contribution in [2.24, 2.45) is 0 Å². The number of hydrogen-bond donors (Lipinski definition) is 1. The zero-order chi connectivity index (χ0) is 16.4. The van der Waals surface area contributed by atoms with Crippen molar-refractivity contribution in [1.29, 1.82) is 0 Å².